The molecule has 2 N–H and O–H groups in total. The van der Waals surface area contributed by atoms with E-state index in [1.54, 1.807) is 16.9 Å². The summed E-state index contributed by atoms with van der Waals surface area (Å²) in [6.45, 7) is 3.74. The average Bonchev–Trinajstić information content (AvgIpc) is 2.94. The van der Waals surface area contributed by atoms with E-state index in [0.29, 0.717) is 21.9 Å². The highest BCUT2D eigenvalue weighted by Crippen LogP contribution is 2.28. The Morgan fingerprint density at radius 3 is 2.79 bits per heavy atom. The summed E-state index contributed by atoms with van der Waals surface area (Å²) in [5.74, 6) is 0. The molecular weight excluding hydrogens is 284 g/mol. The molecule has 0 aliphatic carbocycles. The molecule has 0 fully saturated rings. The van der Waals surface area contributed by atoms with Crippen molar-refractivity contribution in [3.05, 3.63) is 29.0 Å². The standard InChI is InChI=1S/C11H11ClN6S/c1-11(2,13)8-5-18(17-14-8)10-6(12)3-4-7-9(10)16-19-15-7/h3-5H,13H2,1-2H3. The average molecular weight is 295 g/mol. The Labute approximate surface area is 118 Å². The Hall–Kier alpha value is -1.57. The third-order valence-electron chi connectivity index (χ3n) is 2.73. The van der Waals surface area contributed by atoms with Crippen LogP contribution in [-0.2, 0) is 5.54 Å². The van der Waals surface area contributed by atoms with Gasteiger partial charge in [0.1, 0.15) is 22.4 Å². The van der Waals surface area contributed by atoms with E-state index in [1.807, 2.05) is 19.9 Å². The first kappa shape index (κ1) is 12.5. The minimum absolute atomic E-state index is 0.548. The fourth-order valence-electron chi connectivity index (χ4n) is 1.70. The van der Waals surface area contributed by atoms with Gasteiger partial charge in [-0.3, -0.25) is 0 Å². The number of nitrogens with zero attached hydrogens (tertiary/aromatic N) is 5. The zero-order valence-electron chi connectivity index (χ0n) is 10.3. The van der Waals surface area contributed by atoms with Gasteiger partial charge in [-0.2, -0.15) is 8.75 Å². The highest BCUT2D eigenvalue weighted by molar-refractivity contribution is 7.00. The summed E-state index contributed by atoms with van der Waals surface area (Å²) >= 11 is 7.37. The van der Waals surface area contributed by atoms with Crippen LogP contribution in [0.25, 0.3) is 16.7 Å². The maximum Gasteiger partial charge on any atom is 0.132 e. The molecule has 98 valence electrons. The Morgan fingerprint density at radius 2 is 2.11 bits per heavy atom. The third kappa shape index (κ3) is 2.09. The molecule has 0 aliphatic rings. The van der Waals surface area contributed by atoms with Crippen LogP contribution in [0.5, 0.6) is 0 Å². The van der Waals surface area contributed by atoms with Crippen LogP contribution in [0, 0.1) is 0 Å². The molecule has 19 heavy (non-hydrogen) atoms. The van der Waals surface area contributed by atoms with Crippen molar-refractivity contribution < 1.29 is 0 Å². The smallest absolute Gasteiger partial charge is 0.132 e. The maximum absolute atomic E-state index is 6.24. The van der Waals surface area contributed by atoms with E-state index in [4.69, 9.17) is 17.3 Å². The molecule has 1 aromatic carbocycles. The van der Waals surface area contributed by atoms with Gasteiger partial charge in [0.15, 0.2) is 0 Å². The van der Waals surface area contributed by atoms with Crippen molar-refractivity contribution in [2.45, 2.75) is 19.4 Å². The van der Waals surface area contributed by atoms with Crippen LogP contribution >= 0.6 is 23.3 Å². The maximum atomic E-state index is 6.24. The quantitative estimate of drug-likeness (QED) is 0.783. The Morgan fingerprint density at radius 1 is 1.32 bits per heavy atom. The molecule has 0 radical (unpaired) electrons. The molecule has 3 aromatic rings. The van der Waals surface area contributed by atoms with Gasteiger partial charge >= 0.3 is 0 Å². The largest absolute Gasteiger partial charge is 0.320 e. The molecular formula is C11H11ClN6S. The normalized spacial score (nSPS) is 12.2. The van der Waals surface area contributed by atoms with Crippen LogP contribution in [0.1, 0.15) is 19.5 Å². The van der Waals surface area contributed by atoms with Gasteiger partial charge < -0.3 is 5.73 Å². The van der Waals surface area contributed by atoms with Crippen molar-refractivity contribution in [2.24, 2.45) is 5.73 Å². The molecule has 0 atom stereocenters. The summed E-state index contributed by atoms with van der Waals surface area (Å²) in [6.07, 6.45) is 1.76. The van der Waals surface area contributed by atoms with E-state index in [9.17, 15) is 0 Å². The Bertz CT molecular complexity index is 741. The molecule has 8 heteroatoms. The summed E-state index contributed by atoms with van der Waals surface area (Å²) in [5.41, 5.74) is 8.31. The molecule has 0 unspecified atom stereocenters. The minimum atomic E-state index is -0.557. The van der Waals surface area contributed by atoms with Gasteiger partial charge in [0.25, 0.3) is 0 Å². The van der Waals surface area contributed by atoms with Crippen LogP contribution in [0.4, 0.5) is 0 Å². The fraction of sp³-hybridized carbons (Fsp3) is 0.273. The van der Waals surface area contributed by atoms with Gasteiger partial charge in [0, 0.05) is 0 Å². The lowest BCUT2D eigenvalue weighted by atomic mass is 10.0. The van der Waals surface area contributed by atoms with Gasteiger partial charge in [-0.05, 0) is 26.0 Å². The van der Waals surface area contributed by atoms with Crippen LogP contribution in [0.2, 0.25) is 5.02 Å². The van der Waals surface area contributed by atoms with E-state index in [2.05, 4.69) is 19.1 Å². The zero-order valence-corrected chi connectivity index (χ0v) is 11.9. The summed E-state index contributed by atoms with van der Waals surface area (Å²) in [4.78, 5) is 0. The summed E-state index contributed by atoms with van der Waals surface area (Å²) in [7, 11) is 0. The first-order valence-electron chi connectivity index (χ1n) is 5.59. The molecule has 0 amide bonds. The molecule has 0 bridgehead atoms. The molecule has 0 saturated heterocycles. The SMILES string of the molecule is CC(C)(N)c1cn(-c2c(Cl)ccc3nsnc23)nn1. The number of aromatic nitrogens is 5. The van der Waals surface area contributed by atoms with Gasteiger partial charge in [0.05, 0.1) is 28.5 Å². The molecule has 3 rings (SSSR count). The zero-order chi connectivity index (χ0) is 13.6. The molecule has 2 heterocycles. The molecule has 0 aliphatic heterocycles. The molecule has 2 aromatic heterocycles. The van der Waals surface area contributed by atoms with Crippen molar-refractivity contribution in [3.63, 3.8) is 0 Å². The predicted octanol–water partition coefficient (Wildman–Crippen LogP) is 2.12. The van der Waals surface area contributed by atoms with Gasteiger partial charge in [-0.15, -0.1) is 5.10 Å². The molecule has 0 spiro atoms. The molecule has 0 saturated carbocycles. The van der Waals surface area contributed by atoms with Crippen LogP contribution in [0.15, 0.2) is 18.3 Å². The third-order valence-corrected chi connectivity index (χ3v) is 3.58. The second-order valence-electron chi connectivity index (χ2n) is 4.80. The van der Waals surface area contributed by atoms with Crippen molar-refractivity contribution in [3.8, 4) is 5.69 Å². The lowest BCUT2D eigenvalue weighted by Crippen LogP contribution is -2.29. The lowest BCUT2D eigenvalue weighted by molar-refractivity contribution is 0.533. The summed E-state index contributed by atoms with van der Waals surface area (Å²) in [6, 6.07) is 3.60. The van der Waals surface area contributed by atoms with E-state index in [1.165, 1.54) is 0 Å². The van der Waals surface area contributed by atoms with Crippen LogP contribution in [0.3, 0.4) is 0 Å². The van der Waals surface area contributed by atoms with Gasteiger partial charge in [-0.1, -0.05) is 16.8 Å². The van der Waals surface area contributed by atoms with E-state index >= 15 is 0 Å². The number of benzene rings is 1. The number of rotatable bonds is 2. The van der Waals surface area contributed by atoms with Crippen LogP contribution < -0.4 is 5.73 Å². The van der Waals surface area contributed by atoms with E-state index < -0.39 is 5.54 Å². The van der Waals surface area contributed by atoms with Crippen LogP contribution in [-0.4, -0.2) is 23.7 Å². The van der Waals surface area contributed by atoms with Crippen molar-refractivity contribution >= 4 is 34.4 Å². The lowest BCUT2D eigenvalue weighted by Gasteiger charge is -2.13. The minimum Gasteiger partial charge on any atom is -0.320 e. The van der Waals surface area contributed by atoms with E-state index in [0.717, 1.165) is 17.2 Å². The second kappa shape index (κ2) is 4.22. The van der Waals surface area contributed by atoms with Crippen molar-refractivity contribution in [1.82, 2.24) is 23.7 Å². The summed E-state index contributed by atoms with van der Waals surface area (Å²) < 4.78 is 10.0. The van der Waals surface area contributed by atoms with Gasteiger partial charge in [0.2, 0.25) is 0 Å². The van der Waals surface area contributed by atoms with Crippen molar-refractivity contribution in [2.75, 3.05) is 0 Å². The topological polar surface area (TPSA) is 82.5 Å². The van der Waals surface area contributed by atoms with E-state index in [-0.39, 0.29) is 0 Å². The highest BCUT2D eigenvalue weighted by Gasteiger charge is 2.20. The molecule has 6 nitrogen and oxygen atoms in total. The first-order valence-corrected chi connectivity index (χ1v) is 6.70. The Balaban J connectivity index is 2.21. The highest BCUT2D eigenvalue weighted by atomic mass is 35.5. The van der Waals surface area contributed by atoms with Crippen molar-refractivity contribution in [1.29, 1.82) is 0 Å². The summed E-state index contributed by atoms with van der Waals surface area (Å²) in [5, 5.41) is 8.71. The monoisotopic (exact) mass is 294 g/mol. The number of nitrogens with two attached hydrogens (primary N) is 1. The fourth-order valence-corrected chi connectivity index (χ4v) is 2.48. The van der Waals surface area contributed by atoms with Gasteiger partial charge in [-0.25, -0.2) is 4.68 Å². The first-order chi connectivity index (χ1) is 8.97. The number of fused-ring (bicyclic) bond motifs is 1. The predicted molar refractivity (Wildman–Crippen MR) is 74.6 cm³/mol. The Kier molecular flexibility index (Phi) is 2.77. The second-order valence-corrected chi connectivity index (χ2v) is 5.73. The number of halogens is 1. The number of hydrogen-bond acceptors (Lipinski definition) is 6. The number of hydrogen-bond donors (Lipinski definition) is 1.